The molecule has 98 valence electrons. The highest BCUT2D eigenvalue weighted by atomic mass is 16.5. The van der Waals surface area contributed by atoms with E-state index in [1.165, 1.54) is 25.7 Å². The van der Waals surface area contributed by atoms with Crippen molar-refractivity contribution >= 4 is 0 Å². The zero-order valence-electron chi connectivity index (χ0n) is 11.1. The molecule has 1 rings (SSSR count). The summed E-state index contributed by atoms with van der Waals surface area (Å²) in [6.45, 7) is 5.40. The predicted molar refractivity (Wildman–Crippen MR) is 70.0 cm³/mol. The lowest BCUT2D eigenvalue weighted by Crippen LogP contribution is -2.15. The van der Waals surface area contributed by atoms with Crippen LogP contribution in [0.1, 0.15) is 56.7 Å². The van der Waals surface area contributed by atoms with Crippen LogP contribution in [0.2, 0.25) is 0 Å². The maximum absolute atomic E-state index is 5.75. The lowest BCUT2D eigenvalue weighted by molar-refractivity contribution is 0.0407. The number of furan rings is 1. The topological polar surface area (TPSA) is 48.4 Å². The summed E-state index contributed by atoms with van der Waals surface area (Å²) >= 11 is 0. The Bertz CT molecular complexity index is 296. The summed E-state index contributed by atoms with van der Waals surface area (Å²) in [6.07, 6.45) is 6.15. The summed E-state index contributed by atoms with van der Waals surface area (Å²) in [6, 6.07) is 3.90. The van der Waals surface area contributed by atoms with E-state index >= 15 is 0 Å². The van der Waals surface area contributed by atoms with Gasteiger partial charge in [-0.25, -0.2) is 0 Å². The van der Waals surface area contributed by atoms with Gasteiger partial charge in [0.05, 0.1) is 0 Å². The number of ether oxygens (including phenoxy) is 1. The van der Waals surface area contributed by atoms with E-state index in [0.717, 1.165) is 24.5 Å². The van der Waals surface area contributed by atoms with Gasteiger partial charge in [-0.15, -0.1) is 0 Å². The molecule has 0 aliphatic heterocycles. The largest absolute Gasteiger partial charge is 0.464 e. The van der Waals surface area contributed by atoms with Gasteiger partial charge in [0.2, 0.25) is 0 Å². The normalized spacial score (nSPS) is 12.9. The molecular weight excluding hydrogens is 214 g/mol. The number of hydrogen-bond acceptors (Lipinski definition) is 3. The molecule has 0 saturated heterocycles. The molecule has 1 aromatic heterocycles. The molecule has 17 heavy (non-hydrogen) atoms. The van der Waals surface area contributed by atoms with Crippen molar-refractivity contribution in [2.75, 3.05) is 13.2 Å². The average molecular weight is 239 g/mol. The van der Waals surface area contributed by atoms with Crippen LogP contribution in [0.25, 0.3) is 0 Å². The van der Waals surface area contributed by atoms with E-state index in [1.807, 2.05) is 19.1 Å². The Hall–Kier alpha value is -0.800. The summed E-state index contributed by atoms with van der Waals surface area (Å²) in [5.74, 6) is 1.75. The van der Waals surface area contributed by atoms with E-state index in [0.29, 0.717) is 6.54 Å². The number of nitrogens with two attached hydrogens (primary N) is 1. The Labute approximate surface area is 104 Å². The molecule has 0 saturated carbocycles. The van der Waals surface area contributed by atoms with Crippen molar-refractivity contribution < 1.29 is 9.15 Å². The first-order chi connectivity index (χ1) is 8.27. The number of aryl methyl sites for hydroxylation is 1. The maximum Gasteiger partial charge on any atom is 0.134 e. The van der Waals surface area contributed by atoms with Crippen LogP contribution in [-0.2, 0) is 4.74 Å². The molecule has 0 aliphatic carbocycles. The van der Waals surface area contributed by atoms with Crippen molar-refractivity contribution in [3.8, 4) is 0 Å². The summed E-state index contributed by atoms with van der Waals surface area (Å²) in [5.41, 5.74) is 5.69. The monoisotopic (exact) mass is 239 g/mol. The number of unbranched alkanes of at least 4 members (excludes halogenated alkanes) is 4. The van der Waals surface area contributed by atoms with Crippen LogP contribution < -0.4 is 5.73 Å². The first kappa shape index (κ1) is 14.3. The fourth-order valence-electron chi connectivity index (χ4n) is 1.82. The van der Waals surface area contributed by atoms with Gasteiger partial charge in [-0.2, -0.15) is 0 Å². The summed E-state index contributed by atoms with van der Waals surface area (Å²) in [5, 5.41) is 0. The third-order valence-electron chi connectivity index (χ3n) is 2.86. The minimum absolute atomic E-state index is 0.0881. The van der Waals surface area contributed by atoms with Crippen molar-refractivity contribution in [2.45, 2.75) is 52.1 Å². The quantitative estimate of drug-likeness (QED) is 0.670. The van der Waals surface area contributed by atoms with E-state index in [9.17, 15) is 0 Å². The molecule has 0 aliphatic rings. The van der Waals surface area contributed by atoms with Gasteiger partial charge in [-0.05, 0) is 25.5 Å². The number of rotatable bonds is 9. The second kappa shape index (κ2) is 8.31. The highest BCUT2D eigenvalue weighted by molar-refractivity contribution is 5.08. The highest BCUT2D eigenvalue weighted by Gasteiger charge is 2.13. The SMILES string of the molecule is CCCCCCCOC(CN)c1ccc(C)o1. The van der Waals surface area contributed by atoms with Gasteiger partial charge < -0.3 is 14.9 Å². The molecular formula is C14H25NO2. The summed E-state index contributed by atoms with van der Waals surface area (Å²) < 4.78 is 11.3. The molecule has 3 heteroatoms. The molecule has 0 fully saturated rings. The molecule has 1 aromatic rings. The van der Waals surface area contributed by atoms with Crippen LogP contribution in [0.5, 0.6) is 0 Å². The smallest absolute Gasteiger partial charge is 0.134 e. The van der Waals surface area contributed by atoms with Gasteiger partial charge in [0.1, 0.15) is 17.6 Å². The molecule has 1 heterocycles. The van der Waals surface area contributed by atoms with Gasteiger partial charge in [-0.3, -0.25) is 0 Å². The molecule has 1 unspecified atom stereocenters. The highest BCUT2D eigenvalue weighted by Crippen LogP contribution is 2.19. The van der Waals surface area contributed by atoms with Crippen molar-refractivity contribution in [1.82, 2.24) is 0 Å². The van der Waals surface area contributed by atoms with Gasteiger partial charge in [-0.1, -0.05) is 32.6 Å². The lowest BCUT2D eigenvalue weighted by Gasteiger charge is -2.13. The van der Waals surface area contributed by atoms with Crippen molar-refractivity contribution in [3.05, 3.63) is 23.7 Å². The van der Waals surface area contributed by atoms with E-state index in [-0.39, 0.29) is 6.10 Å². The van der Waals surface area contributed by atoms with E-state index in [2.05, 4.69) is 6.92 Å². The van der Waals surface area contributed by atoms with Crippen LogP contribution in [0.15, 0.2) is 16.5 Å². The number of hydrogen-bond donors (Lipinski definition) is 1. The molecule has 1 atom stereocenters. The Balaban J connectivity index is 2.19. The summed E-state index contributed by atoms with van der Waals surface area (Å²) in [7, 11) is 0. The van der Waals surface area contributed by atoms with Crippen LogP contribution >= 0.6 is 0 Å². The molecule has 0 aromatic carbocycles. The van der Waals surface area contributed by atoms with E-state index < -0.39 is 0 Å². The minimum atomic E-state index is -0.0881. The lowest BCUT2D eigenvalue weighted by atomic mass is 10.2. The Morgan fingerprint density at radius 2 is 2.00 bits per heavy atom. The van der Waals surface area contributed by atoms with Gasteiger partial charge in [0, 0.05) is 13.2 Å². The standard InChI is InChI=1S/C14H25NO2/c1-3-4-5-6-7-10-16-14(11-15)13-9-8-12(2)17-13/h8-9,14H,3-7,10-11,15H2,1-2H3. The predicted octanol–water partition coefficient (Wildman–Crippen LogP) is 3.57. The first-order valence-electron chi connectivity index (χ1n) is 6.66. The Morgan fingerprint density at radius 3 is 2.59 bits per heavy atom. The van der Waals surface area contributed by atoms with Crippen molar-refractivity contribution in [3.63, 3.8) is 0 Å². The van der Waals surface area contributed by atoms with E-state index in [4.69, 9.17) is 14.9 Å². The molecule has 0 radical (unpaired) electrons. The molecule has 2 N–H and O–H groups in total. The van der Waals surface area contributed by atoms with Crippen molar-refractivity contribution in [2.24, 2.45) is 5.73 Å². The van der Waals surface area contributed by atoms with Gasteiger partial charge >= 0.3 is 0 Å². The van der Waals surface area contributed by atoms with Crippen molar-refractivity contribution in [1.29, 1.82) is 0 Å². The molecule has 0 amide bonds. The second-order valence-electron chi connectivity index (χ2n) is 4.46. The van der Waals surface area contributed by atoms with Crippen LogP contribution in [0.3, 0.4) is 0 Å². The fourth-order valence-corrected chi connectivity index (χ4v) is 1.82. The van der Waals surface area contributed by atoms with Gasteiger partial charge in [0.15, 0.2) is 0 Å². The third kappa shape index (κ3) is 5.37. The molecule has 0 bridgehead atoms. The van der Waals surface area contributed by atoms with E-state index in [1.54, 1.807) is 0 Å². The Morgan fingerprint density at radius 1 is 1.24 bits per heavy atom. The second-order valence-corrected chi connectivity index (χ2v) is 4.46. The third-order valence-corrected chi connectivity index (χ3v) is 2.86. The Kier molecular flexibility index (Phi) is 6.97. The fraction of sp³-hybridized carbons (Fsp3) is 0.714. The maximum atomic E-state index is 5.75. The average Bonchev–Trinajstić information content (AvgIpc) is 2.75. The first-order valence-corrected chi connectivity index (χ1v) is 6.66. The van der Waals surface area contributed by atoms with Gasteiger partial charge in [0.25, 0.3) is 0 Å². The molecule has 3 nitrogen and oxygen atoms in total. The molecule has 0 spiro atoms. The van der Waals surface area contributed by atoms with Crippen LogP contribution in [-0.4, -0.2) is 13.2 Å². The summed E-state index contributed by atoms with van der Waals surface area (Å²) in [4.78, 5) is 0. The zero-order valence-corrected chi connectivity index (χ0v) is 11.1. The zero-order chi connectivity index (χ0) is 12.5. The van der Waals surface area contributed by atoms with Crippen LogP contribution in [0, 0.1) is 6.92 Å². The minimum Gasteiger partial charge on any atom is -0.464 e. The van der Waals surface area contributed by atoms with Crippen LogP contribution in [0.4, 0.5) is 0 Å².